The normalized spacial score (nSPS) is 28.2. The Balaban J connectivity index is 2.44. The summed E-state index contributed by atoms with van der Waals surface area (Å²) in [6.07, 6.45) is 1.07. The third-order valence-electron chi connectivity index (χ3n) is 3.49. The quantitative estimate of drug-likeness (QED) is 0.769. The lowest BCUT2D eigenvalue weighted by atomic mass is 9.96. The molecule has 0 aromatic rings. The Kier molecular flexibility index (Phi) is 4.76. The summed E-state index contributed by atoms with van der Waals surface area (Å²) in [6.45, 7) is 9.61. The molecule has 0 aliphatic carbocycles. The fourth-order valence-electron chi connectivity index (χ4n) is 1.98. The second-order valence-electron chi connectivity index (χ2n) is 4.85. The third-order valence-corrected chi connectivity index (χ3v) is 5.18. The van der Waals surface area contributed by atoms with Gasteiger partial charge in [0.15, 0.2) is 9.84 Å². The van der Waals surface area contributed by atoms with E-state index in [9.17, 15) is 8.42 Å². The van der Waals surface area contributed by atoms with Gasteiger partial charge in [0.05, 0.1) is 5.75 Å². The molecule has 1 fully saturated rings. The van der Waals surface area contributed by atoms with Crippen molar-refractivity contribution in [3.63, 3.8) is 0 Å². The Hall–Kier alpha value is -0.130. The highest BCUT2D eigenvalue weighted by atomic mass is 32.2. The summed E-state index contributed by atoms with van der Waals surface area (Å²) in [5, 5.41) is 3.50. The van der Waals surface area contributed by atoms with Crippen molar-refractivity contribution >= 4 is 9.84 Å². The van der Waals surface area contributed by atoms with Gasteiger partial charge < -0.3 is 5.32 Å². The van der Waals surface area contributed by atoms with E-state index in [-0.39, 0.29) is 11.3 Å². The van der Waals surface area contributed by atoms with Gasteiger partial charge in [-0.1, -0.05) is 13.8 Å². The van der Waals surface area contributed by atoms with E-state index in [0.29, 0.717) is 12.3 Å². The topological polar surface area (TPSA) is 49.4 Å². The van der Waals surface area contributed by atoms with Crippen LogP contribution in [0.4, 0.5) is 0 Å². The first-order valence-corrected chi connectivity index (χ1v) is 7.91. The number of hydrogen-bond donors (Lipinski definition) is 1. The van der Waals surface area contributed by atoms with Crippen molar-refractivity contribution in [1.29, 1.82) is 0 Å². The smallest absolute Gasteiger partial charge is 0.151 e. The molecule has 1 atom stereocenters. The van der Waals surface area contributed by atoms with E-state index >= 15 is 0 Å². The van der Waals surface area contributed by atoms with Crippen LogP contribution in [0.1, 0.15) is 27.2 Å². The van der Waals surface area contributed by atoms with Gasteiger partial charge in [0.25, 0.3) is 0 Å². The van der Waals surface area contributed by atoms with Crippen LogP contribution in [0, 0.1) is 0 Å². The molecule has 0 saturated carbocycles. The SMILES string of the molecule is CCC1(C)CN(CCS(=O)(=O)CC)CCN1. The molecular formula is C11H24N2O2S. The van der Waals surface area contributed by atoms with Gasteiger partial charge in [0.1, 0.15) is 0 Å². The number of rotatable bonds is 5. The van der Waals surface area contributed by atoms with Crippen molar-refractivity contribution in [1.82, 2.24) is 10.2 Å². The molecule has 96 valence electrons. The highest BCUT2D eigenvalue weighted by Crippen LogP contribution is 2.14. The maximum absolute atomic E-state index is 11.4. The summed E-state index contributed by atoms with van der Waals surface area (Å²) >= 11 is 0. The lowest BCUT2D eigenvalue weighted by Crippen LogP contribution is -2.58. The zero-order valence-corrected chi connectivity index (χ0v) is 11.4. The maximum Gasteiger partial charge on any atom is 0.151 e. The monoisotopic (exact) mass is 248 g/mol. The van der Waals surface area contributed by atoms with Gasteiger partial charge in [0, 0.05) is 37.5 Å². The number of nitrogens with one attached hydrogen (secondary N) is 1. The van der Waals surface area contributed by atoms with Gasteiger partial charge in [0.2, 0.25) is 0 Å². The first kappa shape index (κ1) is 13.9. The average Bonchev–Trinajstić information content (AvgIpc) is 2.27. The van der Waals surface area contributed by atoms with Gasteiger partial charge in [-0.05, 0) is 13.3 Å². The van der Waals surface area contributed by atoms with E-state index < -0.39 is 9.84 Å². The lowest BCUT2D eigenvalue weighted by molar-refractivity contribution is 0.146. The molecule has 16 heavy (non-hydrogen) atoms. The number of sulfone groups is 1. The second-order valence-corrected chi connectivity index (χ2v) is 7.33. The van der Waals surface area contributed by atoms with Crippen molar-refractivity contribution < 1.29 is 8.42 Å². The van der Waals surface area contributed by atoms with Crippen LogP contribution in [0.2, 0.25) is 0 Å². The predicted octanol–water partition coefficient (Wildman–Crippen LogP) is 0.495. The zero-order chi connectivity index (χ0) is 12.2. The molecule has 0 bridgehead atoms. The van der Waals surface area contributed by atoms with Crippen molar-refractivity contribution in [2.75, 3.05) is 37.7 Å². The lowest BCUT2D eigenvalue weighted by Gasteiger charge is -2.41. The van der Waals surface area contributed by atoms with Crippen LogP contribution in [-0.2, 0) is 9.84 Å². The molecule has 1 aliphatic heterocycles. The Labute approximate surface area is 99.3 Å². The minimum atomic E-state index is -2.82. The number of hydrogen-bond acceptors (Lipinski definition) is 4. The first-order chi connectivity index (χ1) is 7.41. The summed E-state index contributed by atoms with van der Waals surface area (Å²) in [4.78, 5) is 2.26. The largest absolute Gasteiger partial charge is 0.309 e. The summed E-state index contributed by atoms with van der Waals surface area (Å²) < 4.78 is 22.9. The molecule has 0 spiro atoms. The van der Waals surface area contributed by atoms with E-state index in [0.717, 1.165) is 26.1 Å². The Morgan fingerprint density at radius 3 is 2.62 bits per heavy atom. The van der Waals surface area contributed by atoms with E-state index in [1.165, 1.54) is 0 Å². The molecule has 1 N–H and O–H groups in total. The Bertz CT molecular complexity index is 316. The Morgan fingerprint density at radius 2 is 2.06 bits per heavy atom. The predicted molar refractivity (Wildman–Crippen MR) is 67.5 cm³/mol. The van der Waals surface area contributed by atoms with Crippen molar-refractivity contribution in [2.45, 2.75) is 32.7 Å². The molecule has 0 aromatic carbocycles. The van der Waals surface area contributed by atoms with E-state index in [1.807, 2.05) is 0 Å². The summed E-state index contributed by atoms with van der Waals surface area (Å²) in [5.41, 5.74) is 0.147. The van der Waals surface area contributed by atoms with Gasteiger partial charge >= 0.3 is 0 Å². The molecule has 0 amide bonds. The molecule has 1 rings (SSSR count). The van der Waals surface area contributed by atoms with Crippen LogP contribution >= 0.6 is 0 Å². The Morgan fingerprint density at radius 1 is 1.38 bits per heavy atom. The molecule has 4 nitrogen and oxygen atoms in total. The average molecular weight is 248 g/mol. The van der Waals surface area contributed by atoms with Gasteiger partial charge in [-0.25, -0.2) is 8.42 Å². The van der Waals surface area contributed by atoms with Crippen LogP contribution < -0.4 is 5.32 Å². The van der Waals surface area contributed by atoms with Crippen LogP contribution in [0.15, 0.2) is 0 Å². The first-order valence-electron chi connectivity index (χ1n) is 6.08. The fourth-order valence-corrected chi connectivity index (χ4v) is 2.81. The van der Waals surface area contributed by atoms with Gasteiger partial charge in [-0.2, -0.15) is 0 Å². The molecule has 1 saturated heterocycles. The van der Waals surface area contributed by atoms with Crippen LogP contribution in [0.3, 0.4) is 0 Å². The second kappa shape index (κ2) is 5.47. The van der Waals surface area contributed by atoms with Crippen molar-refractivity contribution in [2.24, 2.45) is 0 Å². The van der Waals surface area contributed by atoms with Crippen LogP contribution in [0.5, 0.6) is 0 Å². The van der Waals surface area contributed by atoms with Crippen molar-refractivity contribution in [3.8, 4) is 0 Å². The highest BCUT2D eigenvalue weighted by Gasteiger charge is 2.28. The zero-order valence-electron chi connectivity index (χ0n) is 10.6. The van der Waals surface area contributed by atoms with Crippen LogP contribution in [0.25, 0.3) is 0 Å². The van der Waals surface area contributed by atoms with Crippen LogP contribution in [-0.4, -0.2) is 56.5 Å². The van der Waals surface area contributed by atoms with Crippen molar-refractivity contribution in [3.05, 3.63) is 0 Å². The van der Waals surface area contributed by atoms with Gasteiger partial charge in [-0.3, -0.25) is 4.90 Å². The van der Waals surface area contributed by atoms with Gasteiger partial charge in [-0.15, -0.1) is 0 Å². The molecule has 1 unspecified atom stereocenters. The van der Waals surface area contributed by atoms with E-state index in [1.54, 1.807) is 6.92 Å². The summed E-state index contributed by atoms with van der Waals surface area (Å²) in [5.74, 6) is 0.549. The maximum atomic E-state index is 11.4. The number of piperazine rings is 1. The minimum Gasteiger partial charge on any atom is -0.309 e. The summed E-state index contributed by atoms with van der Waals surface area (Å²) in [6, 6.07) is 0. The fraction of sp³-hybridized carbons (Fsp3) is 1.00. The number of nitrogens with zero attached hydrogens (tertiary/aromatic N) is 1. The minimum absolute atomic E-state index is 0.147. The molecular weight excluding hydrogens is 224 g/mol. The van der Waals surface area contributed by atoms with E-state index in [2.05, 4.69) is 24.1 Å². The molecule has 5 heteroatoms. The standard InChI is InChI=1S/C11H24N2O2S/c1-4-11(3)10-13(7-6-12-11)8-9-16(14,15)5-2/h12H,4-10H2,1-3H3. The highest BCUT2D eigenvalue weighted by molar-refractivity contribution is 7.91. The molecule has 0 radical (unpaired) electrons. The molecule has 0 aromatic heterocycles. The van der Waals surface area contributed by atoms with E-state index in [4.69, 9.17) is 0 Å². The summed E-state index contributed by atoms with van der Waals surface area (Å²) in [7, 11) is -2.82. The third kappa shape index (κ3) is 4.03. The molecule has 1 aliphatic rings. The molecule has 1 heterocycles.